The molecule has 2 aromatic carbocycles. The Kier molecular flexibility index (Phi) is 2.74. The Morgan fingerprint density at radius 1 is 0.806 bits per heavy atom. The lowest BCUT2D eigenvalue weighted by Crippen LogP contribution is -1.92. The second-order valence-corrected chi connectivity index (χ2v) is 7.33. The molecule has 4 heterocycles. The number of aryl methyl sites for hydroxylation is 2. The van der Waals surface area contributed by atoms with Crippen molar-refractivity contribution in [3.05, 3.63) is 90.4 Å². The molecule has 0 bridgehead atoms. The summed E-state index contributed by atoms with van der Waals surface area (Å²) in [5.41, 5.74) is 3.81. The van der Waals surface area contributed by atoms with Gasteiger partial charge in [0.2, 0.25) is 5.71 Å². The van der Waals surface area contributed by atoms with E-state index in [0.717, 1.165) is 10.8 Å². The number of hydrogen-bond acceptors (Lipinski definition) is 4. The average Bonchev–Trinajstić information content (AvgIpc) is 3.25. The topological polar surface area (TPSA) is 51.8 Å². The predicted molar refractivity (Wildman–Crippen MR) is 125 cm³/mol. The summed E-state index contributed by atoms with van der Waals surface area (Å²) in [6.45, 7) is -4.75. The molecule has 0 atom stereocenters. The molecule has 148 valence electrons. The van der Waals surface area contributed by atoms with E-state index in [1.54, 1.807) is 18.3 Å². The number of para-hydroxylation sites is 2. The fraction of sp³-hybridized carbons (Fsp3) is 0.0741. The van der Waals surface area contributed by atoms with Gasteiger partial charge in [0, 0.05) is 53.6 Å². The van der Waals surface area contributed by atoms with Gasteiger partial charge in [0.1, 0.15) is 5.58 Å². The zero-order chi connectivity index (χ0) is 25.9. The second-order valence-electron chi connectivity index (χ2n) is 7.33. The van der Waals surface area contributed by atoms with Crippen molar-refractivity contribution in [2.24, 2.45) is 0 Å². The molecule has 0 unspecified atom stereocenters. The normalized spacial score (nSPS) is 15.2. The SMILES string of the molecule is [2H]C([2H])([2H])c1ccc2c(n1)oc1c(-c3cc(-c4cccc5cccnc45)c(C([2H])([2H])[2H])cn3)cccc12. The molecular formula is C27H19N3O. The van der Waals surface area contributed by atoms with Crippen molar-refractivity contribution in [2.45, 2.75) is 13.7 Å². The lowest BCUT2D eigenvalue weighted by atomic mass is 9.97. The minimum Gasteiger partial charge on any atom is -0.437 e. The zero-order valence-electron chi connectivity index (χ0n) is 22.3. The van der Waals surface area contributed by atoms with E-state index in [0.29, 0.717) is 38.9 Å². The molecule has 31 heavy (non-hydrogen) atoms. The molecule has 4 heteroatoms. The minimum absolute atomic E-state index is 0.0495. The van der Waals surface area contributed by atoms with Crippen LogP contribution in [-0.2, 0) is 0 Å². The van der Waals surface area contributed by atoms with Gasteiger partial charge < -0.3 is 4.42 Å². The number of aromatic nitrogens is 3. The smallest absolute Gasteiger partial charge is 0.227 e. The van der Waals surface area contributed by atoms with Gasteiger partial charge in [0.15, 0.2) is 0 Å². The highest BCUT2D eigenvalue weighted by Gasteiger charge is 2.16. The van der Waals surface area contributed by atoms with E-state index >= 15 is 0 Å². The van der Waals surface area contributed by atoms with Gasteiger partial charge in [-0.15, -0.1) is 0 Å². The maximum Gasteiger partial charge on any atom is 0.227 e. The number of rotatable bonds is 2. The Balaban J connectivity index is 1.60. The molecular weight excluding hydrogens is 382 g/mol. The minimum atomic E-state index is -2.39. The third-order valence-corrected chi connectivity index (χ3v) is 5.47. The summed E-state index contributed by atoms with van der Waals surface area (Å²) in [5, 5.41) is 2.33. The van der Waals surface area contributed by atoms with E-state index < -0.39 is 13.7 Å². The first kappa shape index (κ1) is 12.6. The fourth-order valence-corrected chi connectivity index (χ4v) is 4.03. The van der Waals surface area contributed by atoms with Crippen molar-refractivity contribution >= 4 is 33.0 Å². The van der Waals surface area contributed by atoms with E-state index in [1.807, 2.05) is 48.5 Å². The Morgan fingerprint density at radius 2 is 1.71 bits per heavy atom. The monoisotopic (exact) mass is 407 g/mol. The maximum atomic E-state index is 8.12. The van der Waals surface area contributed by atoms with Gasteiger partial charge in [0.25, 0.3) is 0 Å². The molecule has 0 saturated carbocycles. The van der Waals surface area contributed by atoms with Gasteiger partial charge in [-0.2, -0.15) is 0 Å². The number of benzene rings is 2. The van der Waals surface area contributed by atoms with E-state index in [1.165, 1.54) is 12.3 Å². The van der Waals surface area contributed by atoms with Crippen LogP contribution in [0, 0.1) is 13.7 Å². The highest BCUT2D eigenvalue weighted by atomic mass is 16.3. The number of furan rings is 1. The standard InChI is InChI=1S/C27H19N3O/c1-16-15-29-24(14-23(16)19-8-3-6-18-7-5-13-28-25(18)19)22-10-4-9-20-21-12-11-17(2)30-27(21)31-26(20)22/h3-15H,1-2H3/i1D3,2D3. The van der Waals surface area contributed by atoms with Crippen molar-refractivity contribution in [1.29, 1.82) is 0 Å². The Hall–Kier alpha value is -4.05. The summed E-state index contributed by atoms with van der Waals surface area (Å²) in [4.78, 5) is 13.3. The summed E-state index contributed by atoms with van der Waals surface area (Å²) in [5.74, 6) is 0. The fourth-order valence-electron chi connectivity index (χ4n) is 4.03. The molecule has 0 aliphatic heterocycles. The molecule has 0 fully saturated rings. The zero-order valence-corrected chi connectivity index (χ0v) is 16.3. The summed E-state index contributed by atoms with van der Waals surface area (Å²) >= 11 is 0. The third-order valence-electron chi connectivity index (χ3n) is 5.47. The Bertz CT molecular complexity index is 1820. The second kappa shape index (κ2) is 6.74. The van der Waals surface area contributed by atoms with Gasteiger partial charge in [0.05, 0.1) is 11.2 Å². The largest absolute Gasteiger partial charge is 0.437 e. The quantitative estimate of drug-likeness (QED) is 0.314. The predicted octanol–water partition coefficient (Wildman–Crippen LogP) is 6.88. The Labute approximate surface area is 187 Å². The van der Waals surface area contributed by atoms with Gasteiger partial charge in [-0.05, 0) is 55.2 Å². The van der Waals surface area contributed by atoms with Crippen LogP contribution in [0.25, 0.3) is 55.4 Å². The van der Waals surface area contributed by atoms with Crippen LogP contribution in [-0.4, -0.2) is 15.0 Å². The van der Waals surface area contributed by atoms with Gasteiger partial charge in [-0.3, -0.25) is 9.97 Å². The van der Waals surface area contributed by atoms with Crippen molar-refractivity contribution in [1.82, 2.24) is 15.0 Å². The third kappa shape index (κ3) is 2.80. The van der Waals surface area contributed by atoms with Crippen molar-refractivity contribution in [2.75, 3.05) is 0 Å². The molecule has 0 amide bonds. The molecule has 0 radical (unpaired) electrons. The molecule has 0 saturated heterocycles. The maximum absolute atomic E-state index is 8.12. The summed E-state index contributed by atoms with van der Waals surface area (Å²) in [7, 11) is 0. The van der Waals surface area contributed by atoms with E-state index in [4.69, 9.17) is 12.6 Å². The lowest BCUT2D eigenvalue weighted by Gasteiger charge is -2.11. The molecule has 4 nitrogen and oxygen atoms in total. The van der Waals surface area contributed by atoms with Crippen LogP contribution in [0.4, 0.5) is 0 Å². The summed E-state index contributed by atoms with van der Waals surface area (Å²) in [6, 6.07) is 19.9. The molecule has 4 aromatic heterocycles. The molecule has 0 N–H and O–H groups in total. The summed E-state index contributed by atoms with van der Waals surface area (Å²) in [6.07, 6.45) is 3.06. The van der Waals surface area contributed by atoms with Crippen LogP contribution >= 0.6 is 0 Å². The van der Waals surface area contributed by atoms with E-state index in [2.05, 4.69) is 15.0 Å². The van der Waals surface area contributed by atoms with Crippen molar-refractivity contribution in [3.63, 3.8) is 0 Å². The first-order valence-electron chi connectivity index (χ1n) is 12.8. The van der Waals surface area contributed by atoms with Gasteiger partial charge in [-0.1, -0.05) is 36.4 Å². The number of fused-ring (bicyclic) bond motifs is 4. The lowest BCUT2D eigenvalue weighted by molar-refractivity contribution is 0.653. The highest BCUT2D eigenvalue weighted by molar-refractivity contribution is 6.08. The molecule has 6 aromatic rings. The van der Waals surface area contributed by atoms with Crippen molar-refractivity contribution in [3.8, 4) is 22.4 Å². The first-order chi connectivity index (χ1) is 17.6. The number of hydrogen-bond donors (Lipinski definition) is 0. The average molecular weight is 408 g/mol. The van der Waals surface area contributed by atoms with Crippen LogP contribution in [0.5, 0.6) is 0 Å². The Morgan fingerprint density at radius 3 is 2.65 bits per heavy atom. The van der Waals surface area contributed by atoms with Gasteiger partial charge in [-0.25, -0.2) is 4.98 Å². The summed E-state index contributed by atoms with van der Waals surface area (Å²) < 4.78 is 53.4. The molecule has 0 spiro atoms. The van der Waals surface area contributed by atoms with E-state index in [9.17, 15) is 0 Å². The van der Waals surface area contributed by atoms with Crippen LogP contribution in [0.1, 0.15) is 19.5 Å². The van der Waals surface area contributed by atoms with Gasteiger partial charge >= 0.3 is 0 Å². The van der Waals surface area contributed by atoms with Crippen LogP contribution in [0.15, 0.2) is 83.5 Å². The molecule has 0 aliphatic carbocycles. The number of nitrogens with zero attached hydrogens (tertiary/aromatic N) is 3. The molecule has 0 aliphatic rings. The van der Waals surface area contributed by atoms with E-state index in [-0.39, 0.29) is 17.0 Å². The van der Waals surface area contributed by atoms with Crippen molar-refractivity contribution < 1.29 is 12.6 Å². The highest BCUT2D eigenvalue weighted by Crippen LogP contribution is 2.37. The van der Waals surface area contributed by atoms with Crippen LogP contribution in [0.3, 0.4) is 0 Å². The van der Waals surface area contributed by atoms with Crippen LogP contribution < -0.4 is 0 Å². The van der Waals surface area contributed by atoms with Crippen LogP contribution in [0.2, 0.25) is 0 Å². The first-order valence-corrected chi connectivity index (χ1v) is 9.79. The molecule has 6 rings (SSSR count). The number of pyridine rings is 3.